The molecule has 9 heteroatoms. The lowest BCUT2D eigenvalue weighted by molar-refractivity contribution is 0.0752. The summed E-state index contributed by atoms with van der Waals surface area (Å²) in [6, 6.07) is 10.0. The average molecular weight is 600 g/mol. The first-order chi connectivity index (χ1) is 21.4. The molecule has 1 unspecified atom stereocenters. The Hall–Kier alpha value is -3.43. The Morgan fingerprint density at radius 1 is 1.07 bits per heavy atom. The molecule has 44 heavy (non-hydrogen) atoms. The van der Waals surface area contributed by atoms with Gasteiger partial charge >= 0.3 is 6.01 Å². The maximum Gasteiger partial charge on any atom is 0.318 e. The minimum Gasteiger partial charge on any atom is -0.508 e. The van der Waals surface area contributed by atoms with Gasteiger partial charge in [-0.05, 0) is 74.4 Å². The third kappa shape index (κ3) is 5.96. The van der Waals surface area contributed by atoms with Crippen LogP contribution in [-0.2, 0) is 17.8 Å². The highest BCUT2D eigenvalue weighted by molar-refractivity contribution is 6.09. The molecular weight excluding hydrogens is 554 g/mol. The molecule has 1 saturated carbocycles. The zero-order chi connectivity index (χ0) is 30.3. The third-order valence-corrected chi connectivity index (χ3v) is 10.1. The summed E-state index contributed by atoms with van der Waals surface area (Å²) >= 11 is 0. The fraction of sp³-hybridized carbons (Fsp3) is 0.571. The van der Waals surface area contributed by atoms with Crippen molar-refractivity contribution in [2.24, 2.45) is 5.41 Å². The number of hydrogen-bond donors (Lipinski definition) is 1. The molecule has 2 saturated heterocycles. The maximum absolute atomic E-state index is 14.1. The Labute approximate surface area is 260 Å². The number of aromatic hydroxyl groups is 1. The Morgan fingerprint density at radius 3 is 2.82 bits per heavy atom. The second-order valence-electron chi connectivity index (χ2n) is 13.5. The van der Waals surface area contributed by atoms with E-state index in [0.717, 1.165) is 105 Å². The van der Waals surface area contributed by atoms with Crippen LogP contribution in [0.1, 0.15) is 79.0 Å². The fourth-order valence-electron chi connectivity index (χ4n) is 7.36. The number of aromatic nitrogens is 2. The number of amides is 1. The van der Waals surface area contributed by atoms with Crippen molar-refractivity contribution in [1.29, 1.82) is 0 Å². The molecule has 9 nitrogen and oxygen atoms in total. The van der Waals surface area contributed by atoms with Gasteiger partial charge in [-0.3, -0.25) is 4.79 Å². The molecule has 0 radical (unpaired) electrons. The molecule has 1 aliphatic carbocycles. The smallest absolute Gasteiger partial charge is 0.318 e. The van der Waals surface area contributed by atoms with Gasteiger partial charge in [0, 0.05) is 49.8 Å². The highest BCUT2D eigenvalue weighted by Gasteiger charge is 2.45. The molecule has 4 aliphatic rings. The molecule has 3 fully saturated rings. The van der Waals surface area contributed by atoms with Gasteiger partial charge < -0.3 is 29.3 Å². The van der Waals surface area contributed by atoms with E-state index in [1.807, 2.05) is 30.0 Å². The summed E-state index contributed by atoms with van der Waals surface area (Å²) in [4.78, 5) is 30.9. The minimum atomic E-state index is -0.103. The van der Waals surface area contributed by atoms with Crippen molar-refractivity contribution in [3.63, 3.8) is 0 Å². The van der Waals surface area contributed by atoms with Crippen LogP contribution in [0.25, 0.3) is 10.8 Å². The minimum absolute atomic E-state index is 0.0967. The van der Waals surface area contributed by atoms with Gasteiger partial charge in [0.05, 0.1) is 37.6 Å². The average Bonchev–Trinajstić information content (AvgIpc) is 3.76. The molecule has 1 aromatic heterocycles. The lowest BCUT2D eigenvalue weighted by Crippen LogP contribution is -2.36. The van der Waals surface area contributed by atoms with E-state index < -0.39 is 0 Å². The van der Waals surface area contributed by atoms with Gasteiger partial charge in [0.25, 0.3) is 5.91 Å². The number of anilines is 1. The number of phenolic OH excluding ortho intramolecular Hbond substituents is 1. The second-order valence-corrected chi connectivity index (χ2v) is 13.5. The highest BCUT2D eigenvalue weighted by atomic mass is 16.5. The summed E-state index contributed by atoms with van der Waals surface area (Å²) < 4.78 is 12.1. The van der Waals surface area contributed by atoms with Crippen LogP contribution in [-0.4, -0.2) is 82.8 Å². The van der Waals surface area contributed by atoms with Crippen LogP contribution in [0.2, 0.25) is 0 Å². The zero-order valence-corrected chi connectivity index (χ0v) is 26.2. The van der Waals surface area contributed by atoms with Crippen LogP contribution < -0.4 is 9.64 Å². The lowest BCUT2D eigenvalue weighted by atomic mass is 9.98. The summed E-state index contributed by atoms with van der Waals surface area (Å²) in [6.45, 7) is 11.4. The first-order valence-electron chi connectivity index (χ1n) is 16.5. The summed E-state index contributed by atoms with van der Waals surface area (Å²) in [6.07, 6.45) is 8.07. The molecule has 0 spiro atoms. The van der Waals surface area contributed by atoms with Crippen molar-refractivity contribution in [2.75, 3.05) is 50.9 Å². The highest BCUT2D eigenvalue weighted by Crippen LogP contribution is 2.47. The molecule has 1 atom stereocenters. The van der Waals surface area contributed by atoms with Crippen LogP contribution in [0.4, 0.5) is 5.82 Å². The number of hydrogen-bond acceptors (Lipinski definition) is 8. The van der Waals surface area contributed by atoms with Gasteiger partial charge in [-0.2, -0.15) is 9.97 Å². The number of carbonyl (C=O) groups is 1. The molecule has 3 aliphatic heterocycles. The molecular formula is C35H45N5O4. The van der Waals surface area contributed by atoms with Gasteiger partial charge in [0.1, 0.15) is 11.6 Å². The largest absolute Gasteiger partial charge is 0.508 e. The number of aryl methyl sites for hydroxylation is 1. The molecule has 0 bridgehead atoms. The van der Waals surface area contributed by atoms with Crippen molar-refractivity contribution in [2.45, 2.75) is 77.9 Å². The summed E-state index contributed by atoms with van der Waals surface area (Å²) in [7, 11) is 0. The van der Waals surface area contributed by atoms with E-state index in [0.29, 0.717) is 37.3 Å². The number of ether oxygens (including phenoxy) is 2. The van der Waals surface area contributed by atoms with Gasteiger partial charge in [-0.15, -0.1) is 0 Å². The van der Waals surface area contributed by atoms with E-state index in [4.69, 9.17) is 19.4 Å². The summed E-state index contributed by atoms with van der Waals surface area (Å²) in [5.41, 5.74) is 3.57. The van der Waals surface area contributed by atoms with Gasteiger partial charge in [-0.1, -0.05) is 31.0 Å². The number of phenols is 1. The number of nitrogens with zero attached hydrogens (tertiary/aromatic N) is 5. The van der Waals surface area contributed by atoms with E-state index in [2.05, 4.69) is 16.7 Å². The maximum atomic E-state index is 14.1. The van der Waals surface area contributed by atoms with E-state index in [9.17, 15) is 9.90 Å². The molecule has 2 aromatic carbocycles. The van der Waals surface area contributed by atoms with Crippen LogP contribution in [0, 0.1) is 12.3 Å². The van der Waals surface area contributed by atoms with Crippen LogP contribution in [0.5, 0.6) is 11.8 Å². The molecule has 4 heterocycles. The van der Waals surface area contributed by atoms with E-state index in [-0.39, 0.29) is 17.1 Å². The fourth-order valence-corrected chi connectivity index (χ4v) is 7.36. The summed E-state index contributed by atoms with van der Waals surface area (Å²) in [5.74, 6) is 0.912. The normalized spacial score (nSPS) is 22.0. The van der Waals surface area contributed by atoms with Gasteiger partial charge in [0.2, 0.25) is 0 Å². The third-order valence-electron chi connectivity index (χ3n) is 10.1. The standard InChI is InChI=1S/C35H45N5O4/c1-24-8-6-10-26-18-27(41)19-28(31(24)26)33(42)39-20-29-30(21-39)36-34(37-32(29)40-14-5-3-4-9-25(40)2)44-23-35(11-12-35)22-38-13-7-16-43-17-15-38/h6,8,10,18-19,25,41H,3-5,7,9,11-17,20-23H2,1-2H3. The van der Waals surface area contributed by atoms with Crippen LogP contribution in [0.3, 0.4) is 0 Å². The predicted octanol–water partition coefficient (Wildman–Crippen LogP) is 5.45. The van der Waals surface area contributed by atoms with Crippen LogP contribution in [0.15, 0.2) is 30.3 Å². The van der Waals surface area contributed by atoms with Crippen molar-refractivity contribution in [3.05, 3.63) is 52.7 Å². The number of rotatable bonds is 7. The molecule has 1 amide bonds. The number of fused-ring (bicyclic) bond motifs is 2. The molecule has 7 rings (SSSR count). The first kappa shape index (κ1) is 29.3. The Morgan fingerprint density at radius 2 is 1.95 bits per heavy atom. The van der Waals surface area contributed by atoms with Gasteiger partial charge in [0.15, 0.2) is 0 Å². The van der Waals surface area contributed by atoms with Crippen molar-refractivity contribution >= 4 is 22.5 Å². The molecule has 1 N–H and O–H groups in total. The van der Waals surface area contributed by atoms with E-state index in [1.54, 1.807) is 12.1 Å². The SMILES string of the molecule is Cc1cccc2cc(O)cc(C(=O)N3Cc4nc(OCC5(CN6CCCOCC6)CC5)nc(N5CCCCCC5C)c4C3)c12. The van der Waals surface area contributed by atoms with E-state index in [1.165, 1.54) is 12.8 Å². The Kier molecular flexibility index (Phi) is 8.10. The van der Waals surface area contributed by atoms with Gasteiger partial charge in [-0.25, -0.2) is 0 Å². The number of benzene rings is 2. The summed E-state index contributed by atoms with van der Waals surface area (Å²) in [5, 5.41) is 12.2. The quantitative estimate of drug-likeness (QED) is 0.384. The van der Waals surface area contributed by atoms with Crippen LogP contribution >= 0.6 is 0 Å². The Balaban J connectivity index is 1.17. The van der Waals surface area contributed by atoms with Crippen molar-refractivity contribution in [3.8, 4) is 11.8 Å². The predicted molar refractivity (Wildman–Crippen MR) is 170 cm³/mol. The Bertz CT molecular complexity index is 1530. The molecule has 3 aromatic rings. The van der Waals surface area contributed by atoms with E-state index >= 15 is 0 Å². The molecule has 234 valence electrons. The zero-order valence-electron chi connectivity index (χ0n) is 26.2. The monoisotopic (exact) mass is 599 g/mol. The first-order valence-corrected chi connectivity index (χ1v) is 16.5. The number of carbonyl (C=O) groups excluding carboxylic acids is 1. The second kappa shape index (κ2) is 12.2. The lowest BCUT2D eigenvalue weighted by Gasteiger charge is -2.30. The van der Waals surface area contributed by atoms with Crippen molar-refractivity contribution in [1.82, 2.24) is 19.8 Å². The van der Waals surface area contributed by atoms with Crippen molar-refractivity contribution < 1.29 is 19.4 Å². The topological polar surface area (TPSA) is 91.3 Å².